The Hall–Kier alpha value is -2.70. The number of thioether (sulfide) groups is 1. The molecule has 172 valence electrons. The number of carbonyl (C=O) groups is 1. The molecule has 12 heteroatoms. The molecule has 1 aromatic carbocycles. The number of nitrogens with one attached hydrogen (secondary N) is 2. The summed E-state index contributed by atoms with van der Waals surface area (Å²) in [6.07, 6.45) is 3.47. The van der Waals surface area contributed by atoms with Gasteiger partial charge in [-0.25, -0.2) is 23.1 Å². The largest absolute Gasteiger partial charge is 0.383 e. The van der Waals surface area contributed by atoms with Crippen LogP contribution in [0.15, 0.2) is 46.6 Å². The predicted octanol–water partition coefficient (Wildman–Crippen LogP) is 1.59. The first-order chi connectivity index (χ1) is 15.4. The Balaban J connectivity index is 1.58. The predicted molar refractivity (Wildman–Crippen MR) is 124 cm³/mol. The zero-order valence-corrected chi connectivity index (χ0v) is 19.6. The molecule has 0 saturated heterocycles. The minimum absolute atomic E-state index is 0.108. The monoisotopic (exact) mass is 478 g/mol. The van der Waals surface area contributed by atoms with Gasteiger partial charge in [-0.3, -0.25) is 4.79 Å². The van der Waals surface area contributed by atoms with Crippen molar-refractivity contribution in [3.05, 3.63) is 36.5 Å². The maximum atomic E-state index is 12.3. The normalized spacial score (nSPS) is 11.6. The Labute approximate surface area is 191 Å². The average Bonchev–Trinajstić information content (AvgIpc) is 3.21. The van der Waals surface area contributed by atoms with Gasteiger partial charge in [-0.05, 0) is 18.4 Å². The van der Waals surface area contributed by atoms with Crippen molar-refractivity contribution in [2.75, 3.05) is 44.1 Å². The van der Waals surface area contributed by atoms with Gasteiger partial charge in [0.2, 0.25) is 5.91 Å². The van der Waals surface area contributed by atoms with Crippen LogP contribution >= 0.6 is 11.8 Å². The van der Waals surface area contributed by atoms with Crippen molar-refractivity contribution in [3.63, 3.8) is 0 Å². The quantitative estimate of drug-likeness (QED) is 0.226. The molecule has 0 saturated carbocycles. The Kier molecular flexibility index (Phi) is 8.42. The molecule has 2 aromatic heterocycles. The van der Waals surface area contributed by atoms with Gasteiger partial charge in [-0.2, -0.15) is 5.10 Å². The highest BCUT2D eigenvalue weighted by atomic mass is 32.2. The van der Waals surface area contributed by atoms with Crippen LogP contribution < -0.4 is 10.6 Å². The molecule has 0 fully saturated rings. The number of benzene rings is 1. The lowest BCUT2D eigenvalue weighted by Crippen LogP contribution is -2.29. The summed E-state index contributed by atoms with van der Waals surface area (Å²) in [5.41, 5.74) is 0.658. The highest BCUT2D eigenvalue weighted by Crippen LogP contribution is 2.23. The third-order valence-corrected chi connectivity index (χ3v) is 6.88. The van der Waals surface area contributed by atoms with E-state index in [0.717, 1.165) is 5.39 Å². The van der Waals surface area contributed by atoms with Gasteiger partial charge in [0.1, 0.15) is 5.82 Å². The molecule has 0 aliphatic rings. The summed E-state index contributed by atoms with van der Waals surface area (Å²) in [4.78, 5) is 21.4. The highest BCUT2D eigenvalue weighted by Gasteiger charge is 2.16. The molecule has 0 aliphatic carbocycles. The summed E-state index contributed by atoms with van der Waals surface area (Å²) in [7, 11) is -1.86. The van der Waals surface area contributed by atoms with Gasteiger partial charge in [0.05, 0.1) is 35.4 Å². The van der Waals surface area contributed by atoms with Crippen LogP contribution in [0.1, 0.15) is 6.42 Å². The van der Waals surface area contributed by atoms with Gasteiger partial charge in [-0.15, -0.1) is 0 Å². The van der Waals surface area contributed by atoms with Crippen LogP contribution in [0.25, 0.3) is 11.0 Å². The number of methoxy groups -OCH3 is 1. The van der Waals surface area contributed by atoms with E-state index in [1.165, 1.54) is 23.9 Å². The fourth-order valence-corrected chi connectivity index (χ4v) is 4.58. The number of rotatable bonds is 12. The van der Waals surface area contributed by atoms with Gasteiger partial charge in [-0.1, -0.05) is 30.0 Å². The Morgan fingerprint density at radius 2 is 1.97 bits per heavy atom. The number of aromatic nitrogens is 4. The van der Waals surface area contributed by atoms with Crippen LogP contribution in [0.5, 0.6) is 0 Å². The molecule has 2 heterocycles. The van der Waals surface area contributed by atoms with Gasteiger partial charge in [0.25, 0.3) is 0 Å². The van der Waals surface area contributed by atoms with Crippen molar-refractivity contribution in [2.24, 2.45) is 0 Å². The van der Waals surface area contributed by atoms with E-state index < -0.39 is 9.84 Å². The molecular formula is C20H26N6O4S2. The first kappa shape index (κ1) is 24.0. The van der Waals surface area contributed by atoms with Gasteiger partial charge in [0.15, 0.2) is 20.6 Å². The number of sulfone groups is 1. The SMILES string of the molecule is COCCNc1nc(SC)nc2c1cnn2CCNC(=O)CCS(=O)(=O)c1ccccc1. The van der Waals surface area contributed by atoms with E-state index in [-0.39, 0.29) is 23.0 Å². The molecule has 0 atom stereocenters. The second kappa shape index (κ2) is 11.2. The molecule has 0 unspecified atom stereocenters. The van der Waals surface area contributed by atoms with E-state index in [2.05, 4.69) is 25.7 Å². The van der Waals surface area contributed by atoms with E-state index in [4.69, 9.17) is 4.74 Å². The number of fused-ring (bicyclic) bond motifs is 1. The first-order valence-corrected chi connectivity index (χ1v) is 12.9. The van der Waals surface area contributed by atoms with E-state index >= 15 is 0 Å². The first-order valence-electron chi connectivity index (χ1n) is 9.99. The number of anilines is 1. The summed E-state index contributed by atoms with van der Waals surface area (Å²) in [5, 5.41) is 11.7. The molecular weight excluding hydrogens is 452 g/mol. The molecule has 0 spiro atoms. The average molecular weight is 479 g/mol. The molecule has 0 aliphatic heterocycles. The lowest BCUT2D eigenvalue weighted by atomic mass is 10.4. The molecule has 0 radical (unpaired) electrons. The number of carbonyl (C=O) groups excluding carboxylic acids is 1. The molecule has 3 aromatic rings. The van der Waals surface area contributed by atoms with E-state index in [9.17, 15) is 13.2 Å². The minimum Gasteiger partial charge on any atom is -0.383 e. The number of hydrogen-bond donors (Lipinski definition) is 2. The molecule has 1 amide bonds. The molecule has 2 N–H and O–H groups in total. The Morgan fingerprint density at radius 3 is 2.69 bits per heavy atom. The summed E-state index contributed by atoms with van der Waals surface area (Å²) >= 11 is 1.42. The maximum absolute atomic E-state index is 12.3. The number of hydrogen-bond acceptors (Lipinski definition) is 9. The van der Waals surface area contributed by atoms with Crippen molar-refractivity contribution >= 4 is 44.4 Å². The van der Waals surface area contributed by atoms with E-state index in [0.29, 0.717) is 42.9 Å². The van der Waals surface area contributed by atoms with Gasteiger partial charge < -0.3 is 15.4 Å². The lowest BCUT2D eigenvalue weighted by molar-refractivity contribution is -0.120. The van der Waals surface area contributed by atoms with Crippen LogP contribution in [0.3, 0.4) is 0 Å². The third kappa shape index (κ3) is 6.17. The van der Waals surface area contributed by atoms with Gasteiger partial charge >= 0.3 is 0 Å². The van der Waals surface area contributed by atoms with E-state index in [1.807, 2.05) is 6.26 Å². The topological polar surface area (TPSA) is 128 Å². The fourth-order valence-electron chi connectivity index (χ4n) is 2.96. The fraction of sp³-hybridized carbons (Fsp3) is 0.400. The van der Waals surface area contributed by atoms with E-state index in [1.54, 1.807) is 36.2 Å². The van der Waals surface area contributed by atoms with Crippen LogP contribution in [-0.4, -0.2) is 72.9 Å². The molecule has 32 heavy (non-hydrogen) atoms. The van der Waals surface area contributed by atoms with Gasteiger partial charge in [0, 0.05) is 26.6 Å². The zero-order valence-electron chi connectivity index (χ0n) is 17.9. The second-order valence-corrected chi connectivity index (χ2v) is 9.70. The molecule has 10 nitrogen and oxygen atoms in total. The standard InChI is InChI=1S/C20H26N6O4S2/c1-30-12-10-22-18-16-14-23-26(19(16)25-20(24-18)31-2)11-9-21-17(27)8-13-32(28,29)15-6-4-3-5-7-15/h3-7,14H,8-13H2,1-2H3,(H,21,27)(H,22,24,25). The summed E-state index contributed by atoms with van der Waals surface area (Å²) < 4.78 is 31.4. The summed E-state index contributed by atoms with van der Waals surface area (Å²) in [6.45, 7) is 1.83. The maximum Gasteiger partial charge on any atom is 0.221 e. The minimum atomic E-state index is -3.49. The number of nitrogens with zero attached hydrogens (tertiary/aromatic N) is 4. The smallest absolute Gasteiger partial charge is 0.221 e. The number of ether oxygens (including phenoxy) is 1. The third-order valence-electron chi connectivity index (χ3n) is 4.60. The van der Waals surface area contributed by atoms with Crippen LogP contribution in [-0.2, 0) is 25.9 Å². The molecule has 3 rings (SSSR count). The Bertz CT molecular complexity index is 1150. The van der Waals surface area contributed by atoms with Crippen molar-refractivity contribution in [1.82, 2.24) is 25.1 Å². The zero-order chi connectivity index (χ0) is 23.0. The van der Waals surface area contributed by atoms with Crippen molar-refractivity contribution in [3.8, 4) is 0 Å². The van der Waals surface area contributed by atoms with Crippen LogP contribution in [0.2, 0.25) is 0 Å². The highest BCUT2D eigenvalue weighted by molar-refractivity contribution is 7.98. The van der Waals surface area contributed by atoms with Crippen molar-refractivity contribution < 1.29 is 17.9 Å². The summed E-state index contributed by atoms with van der Waals surface area (Å²) in [6, 6.07) is 8.12. The number of amides is 1. The Morgan fingerprint density at radius 1 is 1.19 bits per heavy atom. The van der Waals surface area contributed by atoms with Crippen molar-refractivity contribution in [1.29, 1.82) is 0 Å². The summed E-state index contributed by atoms with van der Waals surface area (Å²) in [5.74, 6) is 0.106. The van der Waals surface area contributed by atoms with Crippen molar-refractivity contribution in [2.45, 2.75) is 23.0 Å². The van der Waals surface area contributed by atoms with Crippen LogP contribution in [0.4, 0.5) is 5.82 Å². The second-order valence-electron chi connectivity index (χ2n) is 6.82. The lowest BCUT2D eigenvalue weighted by Gasteiger charge is -2.09. The molecule has 0 bridgehead atoms. The van der Waals surface area contributed by atoms with Crippen LogP contribution in [0, 0.1) is 0 Å².